The highest BCUT2D eigenvalue weighted by Gasteiger charge is 2.14. The monoisotopic (exact) mass is 403 g/mol. The summed E-state index contributed by atoms with van der Waals surface area (Å²) in [4.78, 5) is 28.5. The van der Waals surface area contributed by atoms with Crippen LogP contribution in [0.25, 0.3) is 21.8 Å². The molecule has 5 nitrogen and oxygen atoms in total. The summed E-state index contributed by atoms with van der Waals surface area (Å²) in [6.45, 7) is 0. The van der Waals surface area contributed by atoms with E-state index in [4.69, 9.17) is 5.73 Å². The lowest BCUT2D eigenvalue weighted by molar-refractivity contribution is -0.116. The van der Waals surface area contributed by atoms with Crippen LogP contribution in [-0.2, 0) is 10.5 Å². The molecule has 1 amide bonds. The number of benzene rings is 3. The molecule has 1 aromatic heterocycles. The molecule has 6 heteroatoms. The highest BCUT2D eigenvalue weighted by molar-refractivity contribution is 7.98. The lowest BCUT2D eigenvalue weighted by atomic mass is 10.1. The van der Waals surface area contributed by atoms with E-state index in [0.717, 1.165) is 16.8 Å². The molecular weight excluding hydrogens is 382 g/mol. The summed E-state index contributed by atoms with van der Waals surface area (Å²) in [5, 5.41) is 3.99. The SMILES string of the molecule is N[C@@H](CSCc1ccccc1)C(=O)Nc1ccc2[nH]c3ccccc3c(=O)c2c1. The Kier molecular flexibility index (Phi) is 5.64. The summed E-state index contributed by atoms with van der Waals surface area (Å²) in [5.74, 6) is 1.06. The highest BCUT2D eigenvalue weighted by Crippen LogP contribution is 2.19. The first kappa shape index (κ1) is 19.2. The maximum Gasteiger partial charge on any atom is 0.242 e. The maximum absolute atomic E-state index is 12.8. The van der Waals surface area contributed by atoms with Crippen molar-refractivity contribution in [3.63, 3.8) is 0 Å². The van der Waals surface area contributed by atoms with Gasteiger partial charge in [0.1, 0.15) is 0 Å². The zero-order chi connectivity index (χ0) is 20.2. The van der Waals surface area contributed by atoms with Gasteiger partial charge in [0.25, 0.3) is 0 Å². The molecule has 4 rings (SSSR count). The number of amides is 1. The Labute approximate surface area is 172 Å². The standard InChI is InChI=1S/C23H21N3O2S/c24-19(14-29-13-15-6-2-1-3-7-15)23(28)25-16-10-11-21-18(12-16)22(27)17-8-4-5-9-20(17)26-21/h1-12,19H,13-14,24H2,(H,25,28)(H,26,27)/t19-/m0/s1. The first-order valence-electron chi connectivity index (χ1n) is 9.35. The molecule has 0 bridgehead atoms. The average Bonchev–Trinajstić information content (AvgIpc) is 2.75. The molecule has 0 saturated carbocycles. The van der Waals surface area contributed by atoms with Gasteiger partial charge in [0.2, 0.25) is 5.91 Å². The van der Waals surface area contributed by atoms with Crippen molar-refractivity contribution in [1.82, 2.24) is 4.98 Å². The van der Waals surface area contributed by atoms with Crippen LogP contribution in [0.4, 0.5) is 5.69 Å². The predicted octanol–water partition coefficient (Wildman–Crippen LogP) is 3.88. The molecule has 4 N–H and O–H groups in total. The van der Waals surface area contributed by atoms with Gasteiger partial charge < -0.3 is 16.0 Å². The first-order chi connectivity index (χ1) is 14.1. The van der Waals surface area contributed by atoms with Crippen molar-refractivity contribution in [2.45, 2.75) is 11.8 Å². The number of anilines is 1. The quantitative estimate of drug-likeness (QED) is 0.426. The van der Waals surface area contributed by atoms with Gasteiger partial charge in [-0.1, -0.05) is 42.5 Å². The molecule has 3 aromatic carbocycles. The van der Waals surface area contributed by atoms with Crippen LogP contribution in [0.15, 0.2) is 77.6 Å². The van der Waals surface area contributed by atoms with Gasteiger partial charge in [-0.15, -0.1) is 0 Å². The van der Waals surface area contributed by atoms with E-state index in [1.165, 1.54) is 5.56 Å². The molecule has 1 heterocycles. The Morgan fingerprint density at radius 1 is 0.966 bits per heavy atom. The molecule has 146 valence electrons. The van der Waals surface area contributed by atoms with Crippen LogP contribution in [0.2, 0.25) is 0 Å². The molecule has 0 aliphatic rings. The molecule has 29 heavy (non-hydrogen) atoms. The van der Waals surface area contributed by atoms with E-state index in [-0.39, 0.29) is 11.3 Å². The third-order valence-corrected chi connectivity index (χ3v) is 5.85. The van der Waals surface area contributed by atoms with E-state index >= 15 is 0 Å². The van der Waals surface area contributed by atoms with Crippen LogP contribution in [0.1, 0.15) is 5.56 Å². The van der Waals surface area contributed by atoms with Gasteiger partial charge in [0.15, 0.2) is 5.43 Å². The third-order valence-electron chi connectivity index (χ3n) is 4.72. The van der Waals surface area contributed by atoms with E-state index in [1.807, 2.05) is 36.4 Å². The second kappa shape index (κ2) is 8.51. The Morgan fingerprint density at radius 2 is 1.69 bits per heavy atom. The topological polar surface area (TPSA) is 88.0 Å². The minimum Gasteiger partial charge on any atom is -0.354 e. The Balaban J connectivity index is 1.45. The van der Waals surface area contributed by atoms with Crippen molar-refractivity contribution in [2.24, 2.45) is 5.73 Å². The van der Waals surface area contributed by atoms with Crippen LogP contribution >= 0.6 is 11.8 Å². The van der Waals surface area contributed by atoms with Crippen LogP contribution in [0.5, 0.6) is 0 Å². The lowest BCUT2D eigenvalue weighted by Crippen LogP contribution is -2.37. The molecule has 0 aliphatic carbocycles. The number of carbonyl (C=O) groups is 1. The fourth-order valence-corrected chi connectivity index (χ4v) is 4.14. The molecule has 0 saturated heterocycles. The minimum absolute atomic E-state index is 0.0619. The zero-order valence-corrected chi connectivity index (χ0v) is 16.5. The third kappa shape index (κ3) is 4.34. The van der Waals surface area contributed by atoms with Gasteiger partial charge >= 0.3 is 0 Å². The number of para-hydroxylation sites is 1. The van der Waals surface area contributed by atoms with E-state index in [2.05, 4.69) is 22.4 Å². The normalized spacial score (nSPS) is 12.2. The Bertz CT molecular complexity index is 1220. The molecule has 1 atom stereocenters. The summed E-state index contributed by atoms with van der Waals surface area (Å²) in [7, 11) is 0. The van der Waals surface area contributed by atoms with Crippen molar-refractivity contribution in [2.75, 3.05) is 11.1 Å². The molecule has 0 fully saturated rings. The summed E-state index contributed by atoms with van der Waals surface area (Å²) < 4.78 is 0. The highest BCUT2D eigenvalue weighted by atomic mass is 32.2. The van der Waals surface area contributed by atoms with E-state index in [9.17, 15) is 9.59 Å². The number of pyridine rings is 1. The summed E-state index contributed by atoms with van der Waals surface area (Å²) in [6.07, 6.45) is 0. The van der Waals surface area contributed by atoms with E-state index in [0.29, 0.717) is 22.2 Å². The number of fused-ring (bicyclic) bond motifs is 2. The average molecular weight is 404 g/mol. The number of aromatic amines is 1. The fraction of sp³-hybridized carbons (Fsp3) is 0.130. The number of thioether (sulfide) groups is 1. The van der Waals surface area contributed by atoms with Gasteiger partial charge in [0.05, 0.1) is 6.04 Å². The van der Waals surface area contributed by atoms with Crippen molar-refractivity contribution in [1.29, 1.82) is 0 Å². The van der Waals surface area contributed by atoms with Gasteiger partial charge in [-0.2, -0.15) is 11.8 Å². The number of nitrogens with two attached hydrogens (primary N) is 1. The number of carbonyl (C=O) groups excluding carboxylic acids is 1. The summed E-state index contributed by atoms with van der Waals surface area (Å²) in [6, 6.07) is 22.1. The number of hydrogen-bond acceptors (Lipinski definition) is 4. The number of aromatic nitrogens is 1. The second-order valence-corrected chi connectivity index (χ2v) is 7.89. The number of rotatable bonds is 6. The largest absolute Gasteiger partial charge is 0.354 e. The maximum atomic E-state index is 12.8. The fourth-order valence-electron chi connectivity index (χ4n) is 3.19. The second-order valence-electron chi connectivity index (χ2n) is 6.86. The molecule has 0 aliphatic heterocycles. The van der Waals surface area contributed by atoms with Crippen molar-refractivity contribution >= 4 is 45.2 Å². The van der Waals surface area contributed by atoms with Crippen molar-refractivity contribution < 1.29 is 4.79 Å². The number of nitrogens with one attached hydrogen (secondary N) is 2. The Hall–Kier alpha value is -3.09. The summed E-state index contributed by atoms with van der Waals surface area (Å²) in [5.41, 5.74) is 9.27. The van der Waals surface area contributed by atoms with Gasteiger partial charge in [0, 0.05) is 39.0 Å². The van der Waals surface area contributed by atoms with E-state index in [1.54, 1.807) is 36.0 Å². The van der Waals surface area contributed by atoms with Crippen LogP contribution in [0, 0.1) is 0 Å². The first-order valence-corrected chi connectivity index (χ1v) is 10.5. The smallest absolute Gasteiger partial charge is 0.242 e. The Morgan fingerprint density at radius 3 is 2.52 bits per heavy atom. The molecule has 4 aromatic rings. The van der Waals surface area contributed by atoms with Gasteiger partial charge in [-0.05, 0) is 35.9 Å². The zero-order valence-electron chi connectivity index (χ0n) is 15.7. The van der Waals surface area contributed by atoms with Crippen LogP contribution < -0.4 is 16.5 Å². The van der Waals surface area contributed by atoms with Gasteiger partial charge in [-0.3, -0.25) is 9.59 Å². The molecular formula is C23H21N3O2S. The van der Waals surface area contributed by atoms with Crippen LogP contribution in [0.3, 0.4) is 0 Å². The molecule has 0 radical (unpaired) electrons. The van der Waals surface area contributed by atoms with Crippen molar-refractivity contribution in [3.8, 4) is 0 Å². The lowest BCUT2D eigenvalue weighted by Gasteiger charge is -2.13. The van der Waals surface area contributed by atoms with Crippen LogP contribution in [-0.4, -0.2) is 22.7 Å². The summed E-state index contributed by atoms with van der Waals surface area (Å²) >= 11 is 1.62. The molecule has 0 spiro atoms. The number of hydrogen-bond donors (Lipinski definition) is 3. The number of H-pyrrole nitrogens is 1. The van der Waals surface area contributed by atoms with Crippen molar-refractivity contribution in [3.05, 3.63) is 88.6 Å². The molecule has 0 unspecified atom stereocenters. The minimum atomic E-state index is -0.630. The van der Waals surface area contributed by atoms with E-state index < -0.39 is 6.04 Å². The van der Waals surface area contributed by atoms with Gasteiger partial charge in [-0.25, -0.2) is 0 Å². The predicted molar refractivity (Wildman–Crippen MR) is 121 cm³/mol.